The van der Waals surface area contributed by atoms with E-state index in [-0.39, 0.29) is 27.5 Å². The van der Waals surface area contributed by atoms with Gasteiger partial charge >= 0.3 is 0 Å². The lowest BCUT2D eigenvalue weighted by Crippen LogP contribution is -2.44. The topological polar surface area (TPSA) is 79.3 Å². The Kier molecular flexibility index (Phi) is 6.94. The van der Waals surface area contributed by atoms with Gasteiger partial charge in [-0.2, -0.15) is 0 Å². The number of methoxy groups -OCH3 is 2. The molecular weight excluding hydrogens is 524 g/mol. The molecule has 1 N–H and O–H groups in total. The van der Waals surface area contributed by atoms with Crippen molar-refractivity contribution >= 4 is 10.0 Å². The molecule has 0 amide bonds. The van der Waals surface area contributed by atoms with Crippen LogP contribution in [0.3, 0.4) is 0 Å². The standard InChI is InChI=1S/C32H38N2O5S/c1-33(2)40(36,37)31-28(39-4)14-13-27(38-3)29(31)30(35)21-15-17-34(18-16-21)20-32-19-24(22-9-5-7-11-25(22)32)23-10-6-8-12-26(23)32/h5-14,21,24,30,35H,15-20H2,1-4H3/t24?,30-,32?/m1/s1. The number of nitrogens with zero attached hydrogens (tertiary/aromatic N) is 2. The Hall–Kier alpha value is -2.91. The molecule has 2 aliphatic carbocycles. The van der Waals surface area contributed by atoms with Crippen LogP contribution in [-0.4, -0.2) is 70.7 Å². The van der Waals surface area contributed by atoms with Crippen LogP contribution in [0.4, 0.5) is 0 Å². The molecule has 7 nitrogen and oxygen atoms in total. The Morgan fingerprint density at radius 2 is 1.48 bits per heavy atom. The molecule has 1 saturated heterocycles. The number of hydrogen-bond acceptors (Lipinski definition) is 6. The predicted molar refractivity (Wildman–Crippen MR) is 155 cm³/mol. The first kappa shape index (κ1) is 27.3. The first-order valence-corrected chi connectivity index (χ1v) is 15.4. The highest BCUT2D eigenvalue weighted by Gasteiger charge is 2.53. The van der Waals surface area contributed by atoms with E-state index in [4.69, 9.17) is 9.47 Å². The molecule has 6 rings (SSSR count). The van der Waals surface area contributed by atoms with Crippen LogP contribution < -0.4 is 9.47 Å². The van der Waals surface area contributed by atoms with Gasteiger partial charge in [0.25, 0.3) is 0 Å². The first-order chi connectivity index (χ1) is 19.2. The molecule has 0 aromatic heterocycles. The van der Waals surface area contributed by atoms with Gasteiger partial charge in [0.15, 0.2) is 0 Å². The first-order valence-electron chi connectivity index (χ1n) is 14.0. The SMILES string of the molecule is COc1ccc(OC)c(S(=O)(=O)N(C)C)c1[C@H](O)C1CCN(CC23CC(c4ccccc42)c2ccccc23)CC1. The fourth-order valence-corrected chi connectivity index (χ4v) is 8.75. The van der Waals surface area contributed by atoms with Gasteiger partial charge in [0.05, 0.1) is 20.3 Å². The summed E-state index contributed by atoms with van der Waals surface area (Å²) in [6.07, 6.45) is 1.62. The third-order valence-electron chi connectivity index (χ3n) is 9.42. The number of sulfonamides is 1. The molecule has 0 radical (unpaired) electrons. The number of hydrogen-bond donors (Lipinski definition) is 1. The van der Waals surface area contributed by atoms with Crippen molar-refractivity contribution in [1.82, 2.24) is 9.21 Å². The molecule has 3 aromatic rings. The second-order valence-corrected chi connectivity index (χ2v) is 13.7. The molecule has 0 unspecified atom stereocenters. The fourth-order valence-electron chi connectivity index (χ4n) is 7.48. The summed E-state index contributed by atoms with van der Waals surface area (Å²) in [4.78, 5) is 2.51. The molecular formula is C32H38N2O5S. The maximum absolute atomic E-state index is 13.4. The van der Waals surface area contributed by atoms with Crippen LogP contribution >= 0.6 is 0 Å². The van der Waals surface area contributed by atoms with Crippen molar-refractivity contribution in [1.29, 1.82) is 0 Å². The second kappa shape index (κ2) is 10.2. The molecule has 2 bridgehead atoms. The summed E-state index contributed by atoms with van der Waals surface area (Å²) >= 11 is 0. The van der Waals surface area contributed by atoms with E-state index in [1.807, 2.05) is 0 Å². The van der Waals surface area contributed by atoms with Crippen LogP contribution in [0.2, 0.25) is 0 Å². The van der Waals surface area contributed by atoms with E-state index >= 15 is 0 Å². The van der Waals surface area contributed by atoms with E-state index in [0.717, 1.165) is 43.2 Å². The summed E-state index contributed by atoms with van der Waals surface area (Å²) in [5.74, 6) is 0.912. The van der Waals surface area contributed by atoms with Crippen LogP contribution in [0.15, 0.2) is 65.6 Å². The fraction of sp³-hybridized carbons (Fsp3) is 0.438. The van der Waals surface area contributed by atoms with Crippen molar-refractivity contribution < 1.29 is 23.0 Å². The quantitative estimate of drug-likeness (QED) is 0.435. The van der Waals surface area contributed by atoms with Crippen molar-refractivity contribution in [2.24, 2.45) is 5.92 Å². The second-order valence-electron chi connectivity index (χ2n) is 11.6. The Morgan fingerprint density at radius 1 is 0.925 bits per heavy atom. The Bertz CT molecular complexity index is 1480. The number of rotatable bonds is 8. The van der Waals surface area contributed by atoms with Gasteiger partial charge < -0.3 is 19.5 Å². The van der Waals surface area contributed by atoms with Crippen molar-refractivity contribution in [3.05, 3.63) is 88.5 Å². The largest absolute Gasteiger partial charge is 0.496 e. The molecule has 8 heteroatoms. The van der Waals surface area contributed by atoms with Crippen molar-refractivity contribution in [3.8, 4) is 11.5 Å². The average molecular weight is 563 g/mol. The molecule has 3 aromatic carbocycles. The van der Waals surface area contributed by atoms with Crippen molar-refractivity contribution in [2.45, 2.75) is 41.6 Å². The lowest BCUT2D eigenvalue weighted by atomic mass is 9.74. The number of likely N-dealkylation sites (tertiary alicyclic amines) is 1. The van der Waals surface area contributed by atoms with E-state index in [1.165, 1.54) is 50.6 Å². The molecule has 1 heterocycles. The maximum atomic E-state index is 13.4. The summed E-state index contributed by atoms with van der Waals surface area (Å²) in [6, 6.07) is 21.1. The molecule has 1 fully saturated rings. The lowest BCUT2D eigenvalue weighted by Gasteiger charge is -2.41. The number of ether oxygens (including phenoxy) is 2. The van der Waals surface area contributed by atoms with Gasteiger partial charge in [0.2, 0.25) is 10.0 Å². The zero-order chi connectivity index (χ0) is 28.2. The van der Waals surface area contributed by atoms with Crippen LogP contribution in [0.25, 0.3) is 0 Å². The van der Waals surface area contributed by atoms with Gasteiger partial charge in [-0.15, -0.1) is 0 Å². The molecule has 3 aliphatic rings. The summed E-state index contributed by atoms with van der Waals surface area (Å²) in [5, 5.41) is 11.7. The van der Waals surface area contributed by atoms with Crippen molar-refractivity contribution in [2.75, 3.05) is 47.9 Å². The number of piperidine rings is 1. The summed E-state index contributed by atoms with van der Waals surface area (Å²) in [7, 11) is 2.00. The van der Waals surface area contributed by atoms with Gasteiger partial charge in [-0.3, -0.25) is 0 Å². The van der Waals surface area contributed by atoms with Gasteiger partial charge in [0, 0.05) is 37.5 Å². The smallest absolute Gasteiger partial charge is 0.246 e. The van der Waals surface area contributed by atoms with E-state index < -0.39 is 16.1 Å². The third kappa shape index (κ3) is 4.07. The summed E-state index contributed by atoms with van der Waals surface area (Å²) in [5.41, 5.74) is 6.12. The Morgan fingerprint density at radius 3 is 2.02 bits per heavy atom. The predicted octanol–water partition coefficient (Wildman–Crippen LogP) is 4.53. The van der Waals surface area contributed by atoms with E-state index in [9.17, 15) is 13.5 Å². The molecule has 40 heavy (non-hydrogen) atoms. The van der Waals surface area contributed by atoms with Crippen LogP contribution in [0.5, 0.6) is 11.5 Å². The Labute approximate surface area is 237 Å². The molecule has 1 aliphatic heterocycles. The summed E-state index contributed by atoms with van der Waals surface area (Å²) in [6.45, 7) is 2.62. The zero-order valence-electron chi connectivity index (χ0n) is 23.6. The highest BCUT2D eigenvalue weighted by molar-refractivity contribution is 7.89. The Balaban J connectivity index is 1.26. The van der Waals surface area contributed by atoms with Crippen LogP contribution in [0.1, 0.15) is 59.1 Å². The van der Waals surface area contributed by atoms with Crippen LogP contribution in [-0.2, 0) is 15.4 Å². The number of fused-ring (bicyclic) bond motifs is 8. The normalized spacial score (nSPS) is 23.2. The average Bonchev–Trinajstić information content (AvgIpc) is 3.48. The van der Waals surface area contributed by atoms with E-state index in [0.29, 0.717) is 11.7 Å². The van der Waals surface area contributed by atoms with Gasteiger partial charge in [-0.05, 0) is 72.7 Å². The monoisotopic (exact) mass is 562 g/mol. The van der Waals surface area contributed by atoms with E-state index in [2.05, 4.69) is 53.4 Å². The number of benzene rings is 3. The number of aliphatic hydroxyl groups is 1. The molecule has 212 valence electrons. The minimum absolute atomic E-state index is 0.00766. The highest BCUT2D eigenvalue weighted by atomic mass is 32.2. The molecule has 1 atom stereocenters. The molecule has 0 saturated carbocycles. The third-order valence-corrected chi connectivity index (χ3v) is 11.3. The van der Waals surface area contributed by atoms with Crippen molar-refractivity contribution in [3.63, 3.8) is 0 Å². The molecule has 0 spiro atoms. The minimum atomic E-state index is -3.90. The number of aliphatic hydroxyl groups excluding tert-OH is 1. The highest BCUT2D eigenvalue weighted by Crippen LogP contribution is 2.60. The van der Waals surface area contributed by atoms with Gasteiger partial charge in [0.1, 0.15) is 16.4 Å². The maximum Gasteiger partial charge on any atom is 0.246 e. The minimum Gasteiger partial charge on any atom is -0.496 e. The lowest BCUT2D eigenvalue weighted by molar-refractivity contribution is 0.0503. The van der Waals surface area contributed by atoms with Crippen LogP contribution in [0, 0.1) is 5.92 Å². The van der Waals surface area contributed by atoms with E-state index in [1.54, 1.807) is 12.1 Å². The van der Waals surface area contributed by atoms with Gasteiger partial charge in [-0.1, -0.05) is 48.5 Å². The van der Waals surface area contributed by atoms with Gasteiger partial charge in [-0.25, -0.2) is 12.7 Å². The summed E-state index contributed by atoms with van der Waals surface area (Å²) < 4.78 is 38.9. The zero-order valence-corrected chi connectivity index (χ0v) is 24.4.